The van der Waals surface area contributed by atoms with Gasteiger partial charge in [0.1, 0.15) is 0 Å². The zero-order valence-electron chi connectivity index (χ0n) is 33.6. The van der Waals surface area contributed by atoms with Crippen molar-refractivity contribution in [1.29, 1.82) is 0 Å². The summed E-state index contributed by atoms with van der Waals surface area (Å²) in [5.74, 6) is 1.51. The van der Waals surface area contributed by atoms with Gasteiger partial charge in [0.05, 0.1) is 0 Å². The number of para-hydroxylation sites is 2. The molecule has 6 aromatic rings. The van der Waals surface area contributed by atoms with Gasteiger partial charge in [-0.05, 0) is 0 Å². The molecule has 0 aliphatic carbocycles. The van der Waals surface area contributed by atoms with Crippen LogP contribution in [0.3, 0.4) is 0 Å². The molecule has 0 unspecified atom stereocenters. The zero-order chi connectivity index (χ0) is 38.9. The molecule has 0 aromatic heterocycles. The van der Waals surface area contributed by atoms with Crippen molar-refractivity contribution in [1.82, 2.24) is 0 Å². The molecule has 0 N–H and O–H groups in total. The van der Waals surface area contributed by atoms with E-state index in [-0.39, 0.29) is 0 Å². The van der Waals surface area contributed by atoms with Gasteiger partial charge in [0, 0.05) is 0 Å². The van der Waals surface area contributed by atoms with Crippen molar-refractivity contribution in [3.63, 3.8) is 0 Å². The van der Waals surface area contributed by atoms with Crippen molar-refractivity contribution in [2.24, 2.45) is 0 Å². The SMILES string of the molecule is CC(C)c1cccc(C(C)C)c1[N]([Ge][O][Ge][N](c1c(C(C)C)cccc1C(C)C)[PH+](c1ccccc1)c1ccccc1)[PH+](c1ccccc1)c1ccccc1. The summed E-state index contributed by atoms with van der Waals surface area (Å²) in [6, 6.07) is 59.0. The topological polar surface area (TPSA) is 15.7 Å². The van der Waals surface area contributed by atoms with Crippen molar-refractivity contribution in [3.8, 4) is 0 Å². The van der Waals surface area contributed by atoms with E-state index in [1.807, 2.05) is 0 Å². The Morgan fingerprint density at radius 1 is 0.345 bits per heavy atom. The van der Waals surface area contributed by atoms with Gasteiger partial charge in [0.2, 0.25) is 0 Å². The van der Waals surface area contributed by atoms with Crippen LogP contribution in [0.4, 0.5) is 11.4 Å². The van der Waals surface area contributed by atoms with E-state index in [0.29, 0.717) is 23.7 Å². The number of anilines is 2. The first-order chi connectivity index (χ1) is 26.7. The van der Waals surface area contributed by atoms with Crippen LogP contribution >= 0.6 is 16.1 Å². The van der Waals surface area contributed by atoms with Gasteiger partial charge in [-0.1, -0.05) is 0 Å². The zero-order valence-corrected chi connectivity index (χ0v) is 39.8. The summed E-state index contributed by atoms with van der Waals surface area (Å²) in [5.41, 5.74) is 8.44. The van der Waals surface area contributed by atoms with Crippen LogP contribution in [0.2, 0.25) is 0 Å². The molecule has 7 heteroatoms. The fraction of sp³-hybridized carbons (Fsp3) is 0.250. The van der Waals surface area contributed by atoms with Gasteiger partial charge in [-0.25, -0.2) is 0 Å². The monoisotopic (exact) mass is 886 g/mol. The maximum atomic E-state index is 7.61. The first-order valence-corrected chi connectivity index (χ1v) is 26.1. The minimum absolute atomic E-state index is 0.377. The predicted molar refractivity (Wildman–Crippen MR) is 248 cm³/mol. The quantitative estimate of drug-likeness (QED) is 0.0711. The second-order valence-electron chi connectivity index (χ2n) is 15.3. The van der Waals surface area contributed by atoms with E-state index in [9.17, 15) is 0 Å². The van der Waals surface area contributed by atoms with Crippen LogP contribution in [0.25, 0.3) is 0 Å². The molecule has 6 rings (SSSR count). The van der Waals surface area contributed by atoms with Crippen molar-refractivity contribution in [2.75, 3.05) is 7.26 Å². The molecule has 6 aromatic carbocycles. The van der Waals surface area contributed by atoms with E-state index < -0.39 is 48.1 Å². The summed E-state index contributed by atoms with van der Waals surface area (Å²) in [5, 5.41) is 5.56. The number of rotatable bonds is 16. The summed E-state index contributed by atoms with van der Waals surface area (Å²) < 4.78 is 13.2. The Balaban J connectivity index is 1.55. The molecule has 0 heterocycles. The van der Waals surface area contributed by atoms with E-state index in [1.165, 1.54) is 54.8 Å². The molecule has 280 valence electrons. The third kappa shape index (κ3) is 9.87. The molecule has 3 nitrogen and oxygen atoms in total. The van der Waals surface area contributed by atoms with Gasteiger partial charge in [-0.3, -0.25) is 0 Å². The van der Waals surface area contributed by atoms with Crippen LogP contribution in [-0.4, -0.2) is 32.0 Å². The Hall–Kier alpha value is -3.17. The summed E-state index contributed by atoms with van der Waals surface area (Å²) in [6.07, 6.45) is 0. The van der Waals surface area contributed by atoms with Crippen LogP contribution in [0.5, 0.6) is 0 Å². The van der Waals surface area contributed by atoms with Crippen LogP contribution in [0, 0.1) is 0 Å². The molecule has 0 spiro atoms. The number of hydrogen-bond donors (Lipinski definition) is 0. The van der Waals surface area contributed by atoms with E-state index in [4.69, 9.17) is 2.79 Å². The predicted octanol–water partition coefficient (Wildman–Crippen LogP) is 11.1. The van der Waals surface area contributed by atoms with Crippen LogP contribution in [-0.2, 0) is 2.79 Å². The Kier molecular flexibility index (Phi) is 14.9. The summed E-state index contributed by atoms with van der Waals surface area (Å²) in [6.45, 7) is 18.8. The van der Waals surface area contributed by atoms with Crippen molar-refractivity contribution >= 4 is 80.7 Å². The third-order valence-corrected chi connectivity index (χ3v) is 22.7. The average Bonchev–Trinajstić information content (AvgIpc) is 3.20. The molecule has 55 heavy (non-hydrogen) atoms. The molecule has 0 saturated heterocycles. The summed E-state index contributed by atoms with van der Waals surface area (Å²) in [7, 11) is -2.91. The van der Waals surface area contributed by atoms with Crippen molar-refractivity contribution in [3.05, 3.63) is 180 Å². The number of hydrogen-bond acceptors (Lipinski definition) is 3. The second-order valence-corrected chi connectivity index (χ2v) is 27.1. The molecule has 0 atom stereocenters. The molecule has 0 fully saturated rings. The second kappa shape index (κ2) is 19.8. The number of nitrogens with zero attached hydrogens (tertiary/aromatic N) is 2. The molecular formula is C48H56Ge2N2OP2+2. The first-order valence-electron chi connectivity index (χ1n) is 19.7. The van der Waals surface area contributed by atoms with E-state index >= 15 is 0 Å². The fourth-order valence-electron chi connectivity index (χ4n) is 7.29. The molecule has 0 amide bonds. The molecule has 0 aliphatic rings. The third-order valence-electron chi connectivity index (χ3n) is 10.0. The normalized spacial score (nSPS) is 11.7. The van der Waals surface area contributed by atoms with Gasteiger partial charge >= 0.3 is 350 Å². The average molecular weight is 884 g/mol. The van der Waals surface area contributed by atoms with E-state index in [1.54, 1.807) is 0 Å². The molecule has 0 aliphatic heterocycles. The molecular weight excluding hydrogens is 828 g/mol. The molecule has 4 radical (unpaired) electrons. The summed E-state index contributed by atoms with van der Waals surface area (Å²) >= 11 is -2.25. The van der Waals surface area contributed by atoms with Gasteiger partial charge in [-0.2, -0.15) is 0 Å². The van der Waals surface area contributed by atoms with Crippen LogP contribution in [0.15, 0.2) is 158 Å². The Morgan fingerprint density at radius 2 is 0.582 bits per heavy atom. The maximum absolute atomic E-state index is 7.61. The Morgan fingerprint density at radius 3 is 0.800 bits per heavy atom. The fourth-order valence-corrected chi connectivity index (χ4v) is 23.4. The van der Waals surface area contributed by atoms with Gasteiger partial charge < -0.3 is 0 Å². The van der Waals surface area contributed by atoms with Gasteiger partial charge in [0.15, 0.2) is 0 Å². The molecule has 0 saturated carbocycles. The van der Waals surface area contributed by atoms with Gasteiger partial charge in [0.25, 0.3) is 0 Å². The Bertz CT molecular complexity index is 1800. The van der Waals surface area contributed by atoms with E-state index in [0.717, 1.165) is 0 Å². The number of benzene rings is 6. The van der Waals surface area contributed by atoms with Crippen LogP contribution < -0.4 is 28.5 Å². The standard InChI is InChI=1S/C48H54Ge2N2OP2/c1-35(2)43-31-21-32-44(36(3)4)47(43)51(54(39-23-13-9-14-24-39)40-25-15-10-16-26-40)49-53-50-52(48-45(37(5)6)33-22-34-46(48)38(7)8)55(41-27-17-11-18-28-41)42-29-19-12-20-30-42/h9-38H,1-8H3/p+2. The summed E-state index contributed by atoms with van der Waals surface area (Å²) in [4.78, 5) is 0. The minimum atomic E-state index is -1.45. The van der Waals surface area contributed by atoms with Crippen LogP contribution in [0.1, 0.15) is 101 Å². The van der Waals surface area contributed by atoms with Crippen molar-refractivity contribution < 1.29 is 2.79 Å². The Labute approximate surface area is 347 Å². The molecule has 0 bridgehead atoms. The van der Waals surface area contributed by atoms with Gasteiger partial charge in [-0.15, -0.1) is 0 Å². The van der Waals surface area contributed by atoms with Crippen molar-refractivity contribution in [2.45, 2.75) is 79.1 Å². The van der Waals surface area contributed by atoms with E-state index in [2.05, 4.69) is 220 Å². The first kappa shape index (κ1) is 41.5.